The number of carbonyl (C=O) groups is 2. The second-order valence-corrected chi connectivity index (χ2v) is 7.14. The van der Waals surface area contributed by atoms with E-state index >= 15 is 0 Å². The molecular weight excluding hydrogens is 376 g/mol. The number of phenols is 2. The van der Waals surface area contributed by atoms with Crippen molar-refractivity contribution in [2.45, 2.75) is 23.6 Å². The molecule has 8 nitrogen and oxygen atoms in total. The van der Waals surface area contributed by atoms with E-state index in [-0.39, 0.29) is 18.1 Å². The number of sulfone groups is 1. The summed E-state index contributed by atoms with van der Waals surface area (Å²) in [5, 5.41) is 20.7. The maximum absolute atomic E-state index is 13.0. The van der Waals surface area contributed by atoms with Crippen LogP contribution in [0.2, 0.25) is 0 Å². The predicted molar refractivity (Wildman–Crippen MR) is 93.6 cm³/mol. The molecule has 0 fully saturated rings. The molecule has 0 radical (unpaired) electrons. The summed E-state index contributed by atoms with van der Waals surface area (Å²) in [5.74, 6) is -4.04. The Morgan fingerprint density at radius 3 is 2.07 bits per heavy atom. The summed E-state index contributed by atoms with van der Waals surface area (Å²) in [6, 6.07) is 7.74. The summed E-state index contributed by atoms with van der Waals surface area (Å²) in [4.78, 5) is 23.1. The van der Waals surface area contributed by atoms with Gasteiger partial charge < -0.3 is 19.7 Å². The van der Waals surface area contributed by atoms with Gasteiger partial charge in [-0.1, -0.05) is 18.2 Å². The molecule has 2 rings (SSSR count). The Morgan fingerprint density at radius 1 is 0.963 bits per heavy atom. The van der Waals surface area contributed by atoms with Crippen molar-refractivity contribution in [3.8, 4) is 11.5 Å². The largest absolute Gasteiger partial charge is 0.507 e. The molecule has 9 heteroatoms. The number of esters is 2. The molecule has 2 aromatic carbocycles. The van der Waals surface area contributed by atoms with Crippen LogP contribution in [0.3, 0.4) is 0 Å². The summed E-state index contributed by atoms with van der Waals surface area (Å²) < 4.78 is 35.6. The first kappa shape index (κ1) is 20.2. The van der Waals surface area contributed by atoms with Crippen molar-refractivity contribution in [3.63, 3.8) is 0 Å². The number of hydrogen-bond acceptors (Lipinski definition) is 8. The van der Waals surface area contributed by atoms with Crippen LogP contribution in [-0.2, 0) is 19.3 Å². The van der Waals surface area contributed by atoms with Crippen LogP contribution in [0.15, 0.2) is 46.2 Å². The van der Waals surface area contributed by atoms with E-state index in [1.807, 2.05) is 0 Å². The lowest BCUT2D eigenvalue weighted by Crippen LogP contribution is -2.16. The van der Waals surface area contributed by atoms with Gasteiger partial charge in [0.2, 0.25) is 9.84 Å². The minimum Gasteiger partial charge on any atom is -0.507 e. The van der Waals surface area contributed by atoms with Crippen LogP contribution in [0, 0.1) is 0 Å². The van der Waals surface area contributed by atoms with E-state index in [0.717, 1.165) is 6.07 Å². The Labute approximate surface area is 155 Å². The Kier molecular flexibility index (Phi) is 6.06. The van der Waals surface area contributed by atoms with E-state index in [4.69, 9.17) is 9.47 Å². The van der Waals surface area contributed by atoms with Crippen LogP contribution in [0.1, 0.15) is 34.6 Å². The van der Waals surface area contributed by atoms with Crippen molar-refractivity contribution in [1.29, 1.82) is 0 Å². The van der Waals surface area contributed by atoms with Gasteiger partial charge in [0.15, 0.2) is 0 Å². The summed E-state index contributed by atoms with van der Waals surface area (Å²) in [7, 11) is -4.48. The second kappa shape index (κ2) is 8.09. The molecule has 0 amide bonds. The molecule has 0 spiro atoms. The fraction of sp³-hybridized carbons (Fsp3) is 0.222. The highest BCUT2D eigenvalue weighted by atomic mass is 32.2. The molecule has 0 aromatic heterocycles. The van der Waals surface area contributed by atoms with Crippen molar-refractivity contribution in [2.24, 2.45) is 0 Å². The normalized spacial score (nSPS) is 11.0. The molecule has 0 aliphatic carbocycles. The minimum absolute atomic E-state index is 0.0422. The number of phenolic OH excluding ortho intramolecular Hbond substituents is 2. The van der Waals surface area contributed by atoms with E-state index in [2.05, 4.69) is 0 Å². The lowest BCUT2D eigenvalue weighted by atomic mass is 10.1. The number of aromatic hydroxyl groups is 2. The Balaban J connectivity index is 2.86. The fourth-order valence-electron chi connectivity index (χ4n) is 2.38. The molecule has 0 aliphatic rings. The zero-order valence-electron chi connectivity index (χ0n) is 14.6. The molecule has 0 bridgehead atoms. The van der Waals surface area contributed by atoms with Crippen LogP contribution < -0.4 is 0 Å². The van der Waals surface area contributed by atoms with Gasteiger partial charge in [0.1, 0.15) is 27.5 Å². The van der Waals surface area contributed by atoms with Gasteiger partial charge >= 0.3 is 11.9 Å². The molecule has 0 unspecified atom stereocenters. The van der Waals surface area contributed by atoms with Gasteiger partial charge in [-0.2, -0.15) is 0 Å². The first-order chi connectivity index (χ1) is 12.8. The first-order valence-corrected chi connectivity index (χ1v) is 9.47. The van der Waals surface area contributed by atoms with E-state index in [0.29, 0.717) is 0 Å². The average Bonchev–Trinajstić information content (AvgIpc) is 2.63. The van der Waals surface area contributed by atoms with Gasteiger partial charge in [-0.15, -0.1) is 0 Å². The molecule has 0 saturated heterocycles. The quantitative estimate of drug-likeness (QED) is 0.564. The molecule has 27 heavy (non-hydrogen) atoms. The number of benzene rings is 2. The zero-order chi connectivity index (χ0) is 20.2. The topological polar surface area (TPSA) is 127 Å². The third-order valence-corrected chi connectivity index (χ3v) is 5.36. The third kappa shape index (κ3) is 3.87. The van der Waals surface area contributed by atoms with E-state index in [1.54, 1.807) is 6.07 Å². The highest BCUT2D eigenvalue weighted by Gasteiger charge is 2.35. The molecule has 0 atom stereocenters. The van der Waals surface area contributed by atoms with Crippen LogP contribution in [0.25, 0.3) is 0 Å². The lowest BCUT2D eigenvalue weighted by molar-refractivity contribution is 0.0500. The minimum atomic E-state index is -4.48. The van der Waals surface area contributed by atoms with Crippen molar-refractivity contribution in [3.05, 3.63) is 47.5 Å². The SMILES string of the molecule is CCOC(=O)c1cc(O)c(C(=O)OCC)c(S(=O)(=O)c2ccccc2)c1O. The van der Waals surface area contributed by atoms with Gasteiger partial charge in [-0.05, 0) is 32.0 Å². The van der Waals surface area contributed by atoms with Gasteiger partial charge in [0.05, 0.1) is 18.1 Å². The van der Waals surface area contributed by atoms with Crippen LogP contribution in [-0.4, -0.2) is 43.8 Å². The molecule has 2 N–H and O–H groups in total. The molecule has 2 aromatic rings. The zero-order valence-corrected chi connectivity index (χ0v) is 15.4. The molecule has 144 valence electrons. The maximum Gasteiger partial charge on any atom is 0.343 e. The standard InChI is InChI=1S/C18H18O8S/c1-3-25-17(21)12-10-13(19)14(18(22)26-4-2)16(15(12)20)27(23,24)11-8-6-5-7-9-11/h5-10,19-20H,3-4H2,1-2H3. The fourth-order valence-corrected chi connectivity index (χ4v) is 3.95. The first-order valence-electron chi connectivity index (χ1n) is 7.98. The number of hydrogen-bond donors (Lipinski definition) is 2. The number of carbonyl (C=O) groups excluding carboxylic acids is 2. The van der Waals surface area contributed by atoms with Crippen molar-refractivity contribution in [1.82, 2.24) is 0 Å². The Morgan fingerprint density at radius 2 is 1.52 bits per heavy atom. The van der Waals surface area contributed by atoms with Gasteiger partial charge in [-0.25, -0.2) is 18.0 Å². The highest BCUT2D eigenvalue weighted by Crippen LogP contribution is 2.40. The van der Waals surface area contributed by atoms with Crippen molar-refractivity contribution in [2.75, 3.05) is 13.2 Å². The summed E-state index contributed by atoms with van der Waals surface area (Å²) in [5.41, 5.74) is -1.34. The lowest BCUT2D eigenvalue weighted by Gasteiger charge is -2.16. The average molecular weight is 394 g/mol. The van der Waals surface area contributed by atoms with E-state index < -0.39 is 49.3 Å². The second-order valence-electron chi connectivity index (χ2n) is 5.25. The summed E-state index contributed by atoms with van der Waals surface area (Å²) in [6.07, 6.45) is 0. The third-order valence-electron chi connectivity index (χ3n) is 3.53. The monoisotopic (exact) mass is 394 g/mol. The molecular formula is C18H18O8S. The van der Waals surface area contributed by atoms with Crippen LogP contribution in [0.4, 0.5) is 0 Å². The Bertz CT molecular complexity index is 965. The van der Waals surface area contributed by atoms with E-state index in [1.165, 1.54) is 38.1 Å². The summed E-state index contributed by atoms with van der Waals surface area (Å²) >= 11 is 0. The Hall–Kier alpha value is -3.07. The number of rotatable bonds is 6. The maximum atomic E-state index is 13.0. The summed E-state index contributed by atoms with van der Waals surface area (Å²) in [6.45, 7) is 2.87. The van der Waals surface area contributed by atoms with Crippen molar-refractivity contribution >= 4 is 21.8 Å². The highest BCUT2D eigenvalue weighted by molar-refractivity contribution is 7.91. The number of ether oxygens (including phenoxy) is 2. The van der Waals surface area contributed by atoms with Crippen molar-refractivity contribution < 1.29 is 37.7 Å². The molecule has 0 saturated carbocycles. The van der Waals surface area contributed by atoms with Gasteiger partial charge in [0, 0.05) is 0 Å². The smallest absolute Gasteiger partial charge is 0.343 e. The predicted octanol–water partition coefficient (Wildman–Crippen LogP) is 2.28. The van der Waals surface area contributed by atoms with Crippen LogP contribution >= 0.6 is 0 Å². The molecule has 0 heterocycles. The van der Waals surface area contributed by atoms with E-state index in [9.17, 15) is 28.2 Å². The van der Waals surface area contributed by atoms with Crippen LogP contribution in [0.5, 0.6) is 11.5 Å². The van der Waals surface area contributed by atoms with Gasteiger partial charge in [-0.3, -0.25) is 0 Å². The molecule has 0 aliphatic heterocycles. The van der Waals surface area contributed by atoms with Gasteiger partial charge in [0.25, 0.3) is 0 Å².